The third-order valence-corrected chi connectivity index (χ3v) is 2.55. The fourth-order valence-corrected chi connectivity index (χ4v) is 1.81. The minimum atomic E-state index is -0.380. The van der Waals surface area contributed by atoms with Crippen molar-refractivity contribution in [1.82, 2.24) is 10.5 Å². The first kappa shape index (κ1) is 14.2. The third kappa shape index (κ3) is 3.66. The van der Waals surface area contributed by atoms with Crippen LogP contribution in [0, 0.1) is 5.82 Å². The van der Waals surface area contributed by atoms with Crippen LogP contribution in [0.5, 0.6) is 0 Å². The number of benzene rings is 1. The molecule has 20 heavy (non-hydrogen) atoms. The van der Waals surface area contributed by atoms with Gasteiger partial charge >= 0.3 is 0 Å². The van der Waals surface area contributed by atoms with Crippen molar-refractivity contribution in [2.24, 2.45) is 0 Å². The monoisotopic (exact) mass is 276 g/mol. The number of nitrogens with zero attached hydrogens (tertiary/aromatic N) is 1. The lowest BCUT2D eigenvalue weighted by molar-refractivity contribution is -0.121. The van der Waals surface area contributed by atoms with E-state index in [0.717, 1.165) is 0 Å². The first-order valence-corrected chi connectivity index (χ1v) is 6.37. The normalized spacial score (nSPS) is 11.4. The van der Waals surface area contributed by atoms with Crippen LogP contribution in [0.25, 0.3) is 11.3 Å². The van der Waals surface area contributed by atoms with Gasteiger partial charge in [-0.25, -0.2) is 4.39 Å². The van der Waals surface area contributed by atoms with Crippen LogP contribution in [0.3, 0.4) is 0 Å². The minimum Gasteiger partial charge on any atom is -0.356 e. The molecule has 5 heteroatoms. The van der Waals surface area contributed by atoms with Crippen molar-refractivity contribution in [2.45, 2.75) is 32.7 Å². The van der Waals surface area contributed by atoms with E-state index < -0.39 is 0 Å². The van der Waals surface area contributed by atoms with Crippen molar-refractivity contribution in [3.63, 3.8) is 0 Å². The number of hydrogen-bond acceptors (Lipinski definition) is 3. The van der Waals surface area contributed by atoms with Gasteiger partial charge in [0.25, 0.3) is 0 Å². The molecule has 0 aliphatic carbocycles. The molecule has 0 atom stereocenters. The molecule has 2 rings (SSSR count). The Balaban J connectivity index is 2.10. The Morgan fingerprint density at radius 3 is 2.70 bits per heavy atom. The molecule has 1 N–H and O–H groups in total. The number of carbonyl (C=O) groups excluding carboxylic acids is 1. The zero-order valence-corrected chi connectivity index (χ0v) is 11.7. The summed E-state index contributed by atoms with van der Waals surface area (Å²) in [5.74, 6) is -0.207. The zero-order chi connectivity index (χ0) is 14.8. The van der Waals surface area contributed by atoms with Gasteiger partial charge in [0, 0.05) is 11.6 Å². The summed E-state index contributed by atoms with van der Waals surface area (Å²) in [6, 6.07) is 7.86. The molecular formula is C15H17FN2O2. The number of amides is 1. The van der Waals surface area contributed by atoms with Gasteiger partial charge in [-0.05, 0) is 32.9 Å². The van der Waals surface area contributed by atoms with E-state index in [1.807, 2.05) is 20.8 Å². The van der Waals surface area contributed by atoms with E-state index >= 15 is 0 Å². The molecule has 0 aliphatic rings. The minimum absolute atomic E-state index is 0.106. The Morgan fingerprint density at radius 2 is 2.05 bits per heavy atom. The van der Waals surface area contributed by atoms with Gasteiger partial charge in [-0.3, -0.25) is 4.79 Å². The quantitative estimate of drug-likeness (QED) is 0.937. The van der Waals surface area contributed by atoms with Gasteiger partial charge in [0.15, 0.2) is 5.76 Å². The second-order valence-corrected chi connectivity index (χ2v) is 5.64. The molecule has 0 fully saturated rings. The van der Waals surface area contributed by atoms with Gasteiger partial charge in [0.2, 0.25) is 5.91 Å². The molecule has 4 nitrogen and oxygen atoms in total. The van der Waals surface area contributed by atoms with Crippen LogP contribution in [-0.4, -0.2) is 16.6 Å². The van der Waals surface area contributed by atoms with Crippen molar-refractivity contribution >= 4 is 5.91 Å². The predicted octanol–water partition coefficient (Wildman–Crippen LogP) is 2.94. The van der Waals surface area contributed by atoms with Crippen LogP contribution in [-0.2, 0) is 11.2 Å². The van der Waals surface area contributed by atoms with Crippen LogP contribution in [0.2, 0.25) is 0 Å². The van der Waals surface area contributed by atoms with Gasteiger partial charge in [-0.2, -0.15) is 0 Å². The molecule has 0 aliphatic heterocycles. The van der Waals surface area contributed by atoms with E-state index in [9.17, 15) is 9.18 Å². The highest BCUT2D eigenvalue weighted by Gasteiger charge is 2.17. The number of rotatable bonds is 3. The molecule has 106 valence electrons. The maximum absolute atomic E-state index is 13.6. The summed E-state index contributed by atoms with van der Waals surface area (Å²) in [6.45, 7) is 5.70. The maximum atomic E-state index is 13.6. The summed E-state index contributed by atoms with van der Waals surface area (Å²) in [5, 5.41) is 6.63. The summed E-state index contributed by atoms with van der Waals surface area (Å²) >= 11 is 0. The molecule has 1 aromatic carbocycles. The highest BCUT2D eigenvalue weighted by Crippen LogP contribution is 2.23. The van der Waals surface area contributed by atoms with Crippen LogP contribution >= 0.6 is 0 Å². The average Bonchev–Trinajstić information content (AvgIpc) is 2.75. The zero-order valence-electron chi connectivity index (χ0n) is 11.7. The number of halogens is 1. The van der Waals surface area contributed by atoms with E-state index in [4.69, 9.17) is 4.52 Å². The van der Waals surface area contributed by atoms with Gasteiger partial charge in [0.1, 0.15) is 5.82 Å². The molecule has 0 unspecified atom stereocenters. The summed E-state index contributed by atoms with van der Waals surface area (Å²) in [5.41, 5.74) is 0.516. The maximum Gasteiger partial charge on any atom is 0.226 e. The Labute approximate surface area is 117 Å². The highest BCUT2D eigenvalue weighted by molar-refractivity contribution is 5.79. The topological polar surface area (TPSA) is 55.1 Å². The van der Waals surface area contributed by atoms with Crippen LogP contribution in [0.15, 0.2) is 34.9 Å². The number of carbonyl (C=O) groups is 1. The lowest BCUT2D eigenvalue weighted by atomic mass is 10.1. The average molecular weight is 276 g/mol. The number of aromatic nitrogens is 1. The summed E-state index contributed by atoms with van der Waals surface area (Å²) < 4.78 is 18.7. The Bertz CT molecular complexity index is 614. The van der Waals surface area contributed by atoms with E-state index in [0.29, 0.717) is 17.0 Å². The standard InChI is InChI=1S/C15H17FN2O2/c1-15(2,3)17-14(19)9-10-8-13(20-18-10)11-6-4-5-7-12(11)16/h4-8H,9H2,1-3H3,(H,17,19). The fraction of sp³-hybridized carbons (Fsp3) is 0.333. The molecule has 1 aromatic heterocycles. The summed E-state index contributed by atoms with van der Waals surface area (Å²) in [6.07, 6.45) is 0.106. The van der Waals surface area contributed by atoms with Crippen molar-refractivity contribution in [3.8, 4) is 11.3 Å². The molecule has 2 aromatic rings. The van der Waals surface area contributed by atoms with Gasteiger partial charge in [-0.15, -0.1) is 0 Å². The molecule has 0 saturated heterocycles. The van der Waals surface area contributed by atoms with Gasteiger partial charge in [0.05, 0.1) is 17.7 Å². The predicted molar refractivity (Wildman–Crippen MR) is 73.5 cm³/mol. The summed E-state index contributed by atoms with van der Waals surface area (Å²) in [7, 11) is 0. The first-order chi connectivity index (χ1) is 9.35. The summed E-state index contributed by atoms with van der Waals surface area (Å²) in [4.78, 5) is 11.8. The molecule has 0 bridgehead atoms. The van der Waals surface area contributed by atoms with Crippen molar-refractivity contribution in [2.75, 3.05) is 0 Å². The van der Waals surface area contributed by atoms with Crippen molar-refractivity contribution in [3.05, 3.63) is 41.8 Å². The van der Waals surface area contributed by atoms with Crippen LogP contribution in [0.4, 0.5) is 4.39 Å². The Kier molecular flexibility index (Phi) is 3.88. The second-order valence-electron chi connectivity index (χ2n) is 5.64. The van der Waals surface area contributed by atoms with E-state index in [1.165, 1.54) is 6.07 Å². The fourth-order valence-electron chi connectivity index (χ4n) is 1.81. The largest absolute Gasteiger partial charge is 0.356 e. The SMILES string of the molecule is CC(C)(C)NC(=O)Cc1cc(-c2ccccc2F)on1. The van der Waals surface area contributed by atoms with Gasteiger partial charge in [-0.1, -0.05) is 17.3 Å². The molecule has 1 amide bonds. The number of nitrogens with one attached hydrogen (secondary N) is 1. The molecular weight excluding hydrogens is 259 g/mol. The lowest BCUT2D eigenvalue weighted by Crippen LogP contribution is -2.41. The highest BCUT2D eigenvalue weighted by atomic mass is 19.1. The van der Waals surface area contributed by atoms with E-state index in [1.54, 1.807) is 24.3 Å². The van der Waals surface area contributed by atoms with Gasteiger partial charge < -0.3 is 9.84 Å². The molecule has 1 heterocycles. The Hall–Kier alpha value is -2.17. The lowest BCUT2D eigenvalue weighted by Gasteiger charge is -2.19. The van der Waals surface area contributed by atoms with E-state index in [2.05, 4.69) is 10.5 Å². The van der Waals surface area contributed by atoms with Crippen LogP contribution in [0.1, 0.15) is 26.5 Å². The smallest absolute Gasteiger partial charge is 0.226 e. The van der Waals surface area contributed by atoms with E-state index in [-0.39, 0.29) is 23.7 Å². The van der Waals surface area contributed by atoms with Crippen molar-refractivity contribution in [1.29, 1.82) is 0 Å². The number of hydrogen-bond donors (Lipinski definition) is 1. The second kappa shape index (κ2) is 5.45. The molecule has 0 radical (unpaired) electrons. The molecule has 0 spiro atoms. The first-order valence-electron chi connectivity index (χ1n) is 6.37. The van der Waals surface area contributed by atoms with Crippen LogP contribution < -0.4 is 5.32 Å². The Morgan fingerprint density at radius 1 is 1.35 bits per heavy atom. The third-order valence-electron chi connectivity index (χ3n) is 2.55. The molecule has 0 saturated carbocycles. The van der Waals surface area contributed by atoms with Crippen molar-refractivity contribution < 1.29 is 13.7 Å².